The van der Waals surface area contributed by atoms with Crippen molar-refractivity contribution >= 4 is 23.7 Å². The molecular formula is C24H22N2O2. The molecule has 4 heteroatoms. The predicted molar refractivity (Wildman–Crippen MR) is 114 cm³/mol. The average Bonchev–Trinajstić information content (AvgIpc) is 2.70. The molecule has 0 unspecified atom stereocenters. The second kappa shape index (κ2) is 7.31. The zero-order valence-electron chi connectivity index (χ0n) is 16.0. The Morgan fingerprint density at radius 2 is 1.79 bits per heavy atom. The molecule has 0 bridgehead atoms. The fourth-order valence-electron chi connectivity index (χ4n) is 3.71. The minimum atomic E-state index is 0.00958. The average molecular weight is 370 g/mol. The molecule has 4 rings (SSSR count). The van der Waals surface area contributed by atoms with Crippen LogP contribution in [0.2, 0.25) is 0 Å². The van der Waals surface area contributed by atoms with Gasteiger partial charge in [-0.15, -0.1) is 0 Å². The normalized spacial score (nSPS) is 13.4. The molecule has 4 nitrogen and oxygen atoms in total. The van der Waals surface area contributed by atoms with Gasteiger partial charge in [-0.3, -0.25) is 9.59 Å². The van der Waals surface area contributed by atoms with Crippen LogP contribution in [0.4, 0.5) is 5.69 Å². The number of fused-ring (bicyclic) bond motifs is 1. The third-order valence-electron chi connectivity index (χ3n) is 5.15. The summed E-state index contributed by atoms with van der Waals surface area (Å²) in [7, 11) is 1.77. The van der Waals surface area contributed by atoms with Crippen LogP contribution in [0.5, 0.6) is 0 Å². The first-order valence-corrected chi connectivity index (χ1v) is 9.39. The molecule has 2 heterocycles. The fourth-order valence-corrected chi connectivity index (χ4v) is 3.71. The molecule has 28 heavy (non-hydrogen) atoms. The van der Waals surface area contributed by atoms with Crippen LogP contribution in [0.25, 0.3) is 23.3 Å². The minimum absolute atomic E-state index is 0.00958. The Bertz CT molecular complexity index is 1120. The lowest BCUT2D eigenvalue weighted by atomic mass is 9.89. The third kappa shape index (κ3) is 3.41. The second-order valence-electron chi connectivity index (χ2n) is 7.17. The molecule has 1 aliphatic heterocycles. The standard InChI is InChI=1S/C24H22N2O2/c1-16-14-18(15-26(2)24(16)28)19-10-12-22-21(11-13-23(27)25-22)20(19)9-8-17-6-4-3-5-7-17/h3-10,12,14-15H,11,13H2,1-2H3,(H,25,27)/b9-8+. The number of carbonyl (C=O) groups is 1. The van der Waals surface area contributed by atoms with Crippen LogP contribution in [-0.4, -0.2) is 10.5 Å². The van der Waals surface area contributed by atoms with Crippen molar-refractivity contribution in [1.82, 2.24) is 4.57 Å². The van der Waals surface area contributed by atoms with Crippen molar-refractivity contribution in [3.05, 3.63) is 87.3 Å². The number of aryl methyl sites for hydroxylation is 2. The molecule has 1 amide bonds. The van der Waals surface area contributed by atoms with E-state index >= 15 is 0 Å². The molecule has 0 saturated carbocycles. The Balaban J connectivity index is 1.90. The number of aromatic nitrogens is 1. The highest BCUT2D eigenvalue weighted by Gasteiger charge is 2.20. The molecule has 0 atom stereocenters. The van der Waals surface area contributed by atoms with Gasteiger partial charge in [0, 0.05) is 30.9 Å². The van der Waals surface area contributed by atoms with Gasteiger partial charge in [0.1, 0.15) is 0 Å². The Morgan fingerprint density at radius 3 is 2.54 bits per heavy atom. The van der Waals surface area contributed by atoms with Crippen molar-refractivity contribution in [2.75, 3.05) is 5.32 Å². The highest BCUT2D eigenvalue weighted by molar-refractivity contribution is 5.97. The number of nitrogens with zero attached hydrogens (tertiary/aromatic N) is 1. The van der Waals surface area contributed by atoms with Crippen molar-refractivity contribution in [3.8, 4) is 11.1 Å². The lowest BCUT2D eigenvalue weighted by Crippen LogP contribution is -2.20. The summed E-state index contributed by atoms with van der Waals surface area (Å²) in [6.07, 6.45) is 7.26. The molecule has 140 valence electrons. The van der Waals surface area contributed by atoms with Gasteiger partial charge in [0.05, 0.1) is 0 Å². The molecule has 0 saturated heterocycles. The molecule has 1 aromatic heterocycles. The number of anilines is 1. The number of carbonyl (C=O) groups excluding carboxylic acids is 1. The van der Waals surface area contributed by atoms with Gasteiger partial charge in [0.15, 0.2) is 0 Å². The summed E-state index contributed by atoms with van der Waals surface area (Å²) in [5.41, 5.74) is 6.97. The summed E-state index contributed by atoms with van der Waals surface area (Å²) >= 11 is 0. The molecule has 2 aromatic carbocycles. The quantitative estimate of drug-likeness (QED) is 0.694. The Hall–Kier alpha value is -3.40. The van der Waals surface area contributed by atoms with Gasteiger partial charge in [0.2, 0.25) is 5.91 Å². The van der Waals surface area contributed by atoms with Gasteiger partial charge in [-0.2, -0.15) is 0 Å². The van der Waals surface area contributed by atoms with Crippen molar-refractivity contribution < 1.29 is 4.79 Å². The lowest BCUT2D eigenvalue weighted by Gasteiger charge is -2.22. The van der Waals surface area contributed by atoms with Crippen LogP contribution in [0.1, 0.15) is 28.7 Å². The zero-order chi connectivity index (χ0) is 19.7. The van der Waals surface area contributed by atoms with E-state index in [9.17, 15) is 9.59 Å². The smallest absolute Gasteiger partial charge is 0.253 e. The van der Waals surface area contributed by atoms with Gasteiger partial charge in [-0.05, 0) is 53.3 Å². The number of benzene rings is 2. The Morgan fingerprint density at radius 1 is 1.00 bits per heavy atom. The van der Waals surface area contributed by atoms with Crippen LogP contribution < -0.4 is 10.9 Å². The maximum absolute atomic E-state index is 12.1. The van der Waals surface area contributed by atoms with Crippen molar-refractivity contribution in [1.29, 1.82) is 0 Å². The van der Waals surface area contributed by atoms with Gasteiger partial charge >= 0.3 is 0 Å². The SMILES string of the molecule is Cc1cc(-c2ccc3c(c2/C=C/c2ccccc2)CCC(=O)N3)cn(C)c1=O. The summed E-state index contributed by atoms with van der Waals surface area (Å²) in [4.78, 5) is 23.9. The summed E-state index contributed by atoms with van der Waals surface area (Å²) in [6.45, 7) is 1.84. The first-order chi connectivity index (χ1) is 13.5. The number of rotatable bonds is 3. The van der Waals surface area contributed by atoms with Crippen molar-refractivity contribution in [3.63, 3.8) is 0 Å². The molecule has 1 N–H and O–H groups in total. The maximum Gasteiger partial charge on any atom is 0.253 e. The van der Waals surface area contributed by atoms with Crippen molar-refractivity contribution in [2.45, 2.75) is 19.8 Å². The van der Waals surface area contributed by atoms with E-state index < -0.39 is 0 Å². The van der Waals surface area contributed by atoms with Gasteiger partial charge in [-0.25, -0.2) is 0 Å². The minimum Gasteiger partial charge on any atom is -0.326 e. The van der Waals surface area contributed by atoms with E-state index in [1.807, 2.05) is 49.5 Å². The van der Waals surface area contributed by atoms with Crippen LogP contribution in [0.15, 0.2) is 59.5 Å². The van der Waals surface area contributed by atoms with E-state index in [0.29, 0.717) is 18.4 Å². The topological polar surface area (TPSA) is 51.1 Å². The Labute approximate surface area is 164 Å². The summed E-state index contributed by atoms with van der Waals surface area (Å²) < 4.78 is 1.62. The fraction of sp³-hybridized carbons (Fsp3) is 0.167. The summed E-state index contributed by atoms with van der Waals surface area (Å²) in [5.74, 6) is 0.0520. The maximum atomic E-state index is 12.1. The van der Waals surface area contributed by atoms with Crippen molar-refractivity contribution in [2.24, 2.45) is 7.05 Å². The predicted octanol–water partition coefficient (Wildman–Crippen LogP) is 4.42. The first kappa shape index (κ1) is 18.0. The van der Waals surface area contributed by atoms with E-state index in [4.69, 9.17) is 0 Å². The lowest BCUT2D eigenvalue weighted by molar-refractivity contribution is -0.116. The molecule has 0 aliphatic carbocycles. The monoisotopic (exact) mass is 370 g/mol. The molecule has 0 spiro atoms. The van der Waals surface area contributed by atoms with Crippen LogP contribution in [0.3, 0.4) is 0 Å². The van der Waals surface area contributed by atoms with Gasteiger partial charge in [-0.1, -0.05) is 48.6 Å². The summed E-state index contributed by atoms with van der Waals surface area (Å²) in [6, 6.07) is 16.1. The largest absolute Gasteiger partial charge is 0.326 e. The van der Waals surface area contributed by atoms with Crippen LogP contribution in [-0.2, 0) is 18.3 Å². The molecule has 3 aromatic rings. The molecule has 0 fully saturated rings. The number of nitrogens with one attached hydrogen (secondary N) is 1. The highest BCUT2D eigenvalue weighted by atomic mass is 16.1. The van der Waals surface area contributed by atoms with Gasteiger partial charge < -0.3 is 9.88 Å². The van der Waals surface area contributed by atoms with E-state index in [-0.39, 0.29) is 11.5 Å². The first-order valence-electron chi connectivity index (χ1n) is 9.39. The molecule has 1 aliphatic rings. The van der Waals surface area contributed by atoms with Gasteiger partial charge in [0.25, 0.3) is 5.56 Å². The summed E-state index contributed by atoms with van der Waals surface area (Å²) in [5, 5.41) is 2.98. The molecular weight excluding hydrogens is 348 g/mol. The third-order valence-corrected chi connectivity index (χ3v) is 5.15. The van der Waals surface area contributed by atoms with E-state index in [2.05, 4.69) is 29.6 Å². The highest BCUT2D eigenvalue weighted by Crippen LogP contribution is 2.35. The number of hydrogen-bond acceptors (Lipinski definition) is 2. The van der Waals surface area contributed by atoms with Crippen LogP contribution >= 0.6 is 0 Å². The zero-order valence-corrected chi connectivity index (χ0v) is 16.0. The van der Waals surface area contributed by atoms with E-state index in [0.717, 1.165) is 33.5 Å². The number of pyridine rings is 1. The Kier molecular flexibility index (Phi) is 4.70. The van der Waals surface area contributed by atoms with E-state index in [1.54, 1.807) is 11.6 Å². The van der Waals surface area contributed by atoms with E-state index in [1.165, 1.54) is 0 Å². The number of hydrogen-bond donors (Lipinski definition) is 1. The number of amides is 1. The second-order valence-corrected chi connectivity index (χ2v) is 7.17. The van der Waals surface area contributed by atoms with Crippen LogP contribution in [0, 0.1) is 6.92 Å². The molecule has 0 radical (unpaired) electrons.